The molecule has 6 heteroatoms. The Morgan fingerprint density at radius 2 is 2.20 bits per heavy atom. The zero-order valence-corrected chi connectivity index (χ0v) is 12.7. The van der Waals surface area contributed by atoms with Crippen LogP contribution < -0.4 is 5.73 Å². The van der Waals surface area contributed by atoms with Crippen LogP contribution in [0.5, 0.6) is 0 Å². The van der Waals surface area contributed by atoms with Crippen LogP contribution in [-0.4, -0.2) is 37.6 Å². The summed E-state index contributed by atoms with van der Waals surface area (Å²) in [5, 5.41) is 0.576. The van der Waals surface area contributed by atoms with Crippen LogP contribution in [0, 0.1) is 0 Å². The standard InChI is InChI=1S/C14H16Cl2N2O2/c1-20-8-9-2-4-18(5-3-9)14(19)10-6-11(15)13(16)12(17)7-10/h2,6-7H,3-5,8,17H2,1H3. The van der Waals surface area contributed by atoms with E-state index in [4.69, 9.17) is 33.7 Å². The highest BCUT2D eigenvalue weighted by atomic mass is 35.5. The summed E-state index contributed by atoms with van der Waals surface area (Å²) in [6.45, 7) is 1.84. The molecule has 0 bridgehead atoms. The molecule has 0 aromatic heterocycles. The van der Waals surface area contributed by atoms with Gasteiger partial charge in [-0.3, -0.25) is 4.79 Å². The first-order valence-corrected chi connectivity index (χ1v) is 6.99. The fourth-order valence-corrected chi connectivity index (χ4v) is 2.46. The molecule has 0 spiro atoms. The van der Waals surface area contributed by atoms with E-state index < -0.39 is 0 Å². The van der Waals surface area contributed by atoms with Gasteiger partial charge in [0.1, 0.15) is 0 Å². The summed E-state index contributed by atoms with van der Waals surface area (Å²) in [5.74, 6) is -0.0945. The number of nitrogen functional groups attached to an aromatic ring is 1. The van der Waals surface area contributed by atoms with Gasteiger partial charge in [0.2, 0.25) is 0 Å². The number of carbonyl (C=O) groups is 1. The highest BCUT2D eigenvalue weighted by Gasteiger charge is 2.20. The summed E-state index contributed by atoms with van der Waals surface area (Å²) in [4.78, 5) is 14.1. The van der Waals surface area contributed by atoms with Crippen LogP contribution in [0.15, 0.2) is 23.8 Å². The topological polar surface area (TPSA) is 55.6 Å². The van der Waals surface area contributed by atoms with E-state index in [1.54, 1.807) is 24.1 Å². The van der Waals surface area contributed by atoms with E-state index in [9.17, 15) is 4.79 Å². The van der Waals surface area contributed by atoms with Crippen molar-refractivity contribution in [2.45, 2.75) is 6.42 Å². The molecule has 1 aromatic carbocycles. The fourth-order valence-electron chi connectivity index (χ4n) is 2.13. The van der Waals surface area contributed by atoms with Gasteiger partial charge in [0, 0.05) is 25.8 Å². The van der Waals surface area contributed by atoms with Crippen molar-refractivity contribution < 1.29 is 9.53 Å². The van der Waals surface area contributed by atoms with Gasteiger partial charge in [0.25, 0.3) is 5.91 Å². The van der Waals surface area contributed by atoms with Gasteiger partial charge in [-0.1, -0.05) is 29.3 Å². The second-order valence-electron chi connectivity index (χ2n) is 4.66. The van der Waals surface area contributed by atoms with Crippen molar-refractivity contribution in [1.29, 1.82) is 0 Å². The minimum Gasteiger partial charge on any atom is -0.397 e. The first-order valence-electron chi connectivity index (χ1n) is 6.23. The molecule has 4 nitrogen and oxygen atoms in total. The SMILES string of the molecule is COCC1=CCN(C(=O)c2cc(N)c(Cl)c(Cl)c2)CC1. The number of ether oxygens (including phenoxy) is 1. The van der Waals surface area contributed by atoms with Crippen molar-refractivity contribution in [2.24, 2.45) is 0 Å². The number of amides is 1. The van der Waals surface area contributed by atoms with E-state index in [-0.39, 0.29) is 10.9 Å². The second kappa shape index (κ2) is 6.48. The molecule has 2 N–H and O–H groups in total. The molecule has 0 radical (unpaired) electrons. The molecule has 0 fully saturated rings. The quantitative estimate of drug-likeness (QED) is 0.689. The summed E-state index contributed by atoms with van der Waals surface area (Å²) in [7, 11) is 1.66. The van der Waals surface area contributed by atoms with Gasteiger partial charge in [-0.15, -0.1) is 0 Å². The van der Waals surface area contributed by atoms with Crippen molar-refractivity contribution in [3.8, 4) is 0 Å². The summed E-state index contributed by atoms with van der Waals surface area (Å²) < 4.78 is 5.09. The number of carbonyl (C=O) groups excluding carboxylic acids is 1. The smallest absolute Gasteiger partial charge is 0.254 e. The molecular weight excluding hydrogens is 299 g/mol. The Hall–Kier alpha value is -1.23. The molecule has 0 unspecified atom stereocenters. The van der Waals surface area contributed by atoms with Crippen molar-refractivity contribution in [3.63, 3.8) is 0 Å². The lowest BCUT2D eigenvalue weighted by atomic mass is 10.1. The minimum atomic E-state index is -0.0945. The molecule has 0 saturated carbocycles. The van der Waals surface area contributed by atoms with Gasteiger partial charge in [-0.2, -0.15) is 0 Å². The van der Waals surface area contributed by atoms with E-state index in [1.807, 2.05) is 6.08 Å². The molecule has 0 saturated heterocycles. The molecule has 20 heavy (non-hydrogen) atoms. The van der Waals surface area contributed by atoms with Crippen molar-refractivity contribution in [3.05, 3.63) is 39.4 Å². The first-order chi connectivity index (χ1) is 9.52. The van der Waals surface area contributed by atoms with E-state index >= 15 is 0 Å². The lowest BCUT2D eigenvalue weighted by Crippen LogP contribution is -2.35. The van der Waals surface area contributed by atoms with Gasteiger partial charge in [-0.25, -0.2) is 0 Å². The number of hydrogen-bond donors (Lipinski definition) is 1. The number of halogens is 2. The number of benzene rings is 1. The number of nitrogens with zero attached hydrogens (tertiary/aromatic N) is 1. The monoisotopic (exact) mass is 314 g/mol. The maximum absolute atomic E-state index is 12.4. The Morgan fingerprint density at radius 3 is 2.75 bits per heavy atom. The minimum absolute atomic E-state index is 0.0945. The maximum atomic E-state index is 12.4. The van der Waals surface area contributed by atoms with Crippen LogP contribution in [-0.2, 0) is 4.74 Å². The molecule has 108 valence electrons. The highest BCUT2D eigenvalue weighted by molar-refractivity contribution is 6.43. The highest BCUT2D eigenvalue weighted by Crippen LogP contribution is 2.30. The molecule has 0 atom stereocenters. The Morgan fingerprint density at radius 1 is 1.45 bits per heavy atom. The van der Waals surface area contributed by atoms with Crippen molar-refractivity contribution in [1.82, 2.24) is 4.90 Å². The largest absolute Gasteiger partial charge is 0.397 e. The summed E-state index contributed by atoms with van der Waals surface area (Å²) in [6.07, 6.45) is 2.84. The summed E-state index contributed by atoms with van der Waals surface area (Å²) in [5.41, 5.74) is 7.72. The fraction of sp³-hybridized carbons (Fsp3) is 0.357. The zero-order chi connectivity index (χ0) is 14.7. The normalized spacial score (nSPS) is 15.2. The number of anilines is 1. The Labute approximate surface area is 128 Å². The summed E-state index contributed by atoms with van der Waals surface area (Å²) >= 11 is 11.8. The third-order valence-corrected chi connectivity index (χ3v) is 4.04. The molecule has 1 amide bonds. The lowest BCUT2D eigenvalue weighted by Gasteiger charge is -2.26. The van der Waals surface area contributed by atoms with Crippen LogP contribution in [0.2, 0.25) is 10.0 Å². The van der Waals surface area contributed by atoms with Crippen LogP contribution in [0.4, 0.5) is 5.69 Å². The number of nitrogens with two attached hydrogens (primary N) is 1. The van der Waals surface area contributed by atoms with Gasteiger partial charge in [-0.05, 0) is 24.1 Å². The van der Waals surface area contributed by atoms with Crippen LogP contribution in [0.25, 0.3) is 0 Å². The van der Waals surface area contributed by atoms with Crippen LogP contribution >= 0.6 is 23.2 Å². The molecule has 2 rings (SSSR count). The van der Waals surface area contributed by atoms with E-state index in [2.05, 4.69) is 0 Å². The second-order valence-corrected chi connectivity index (χ2v) is 5.44. The Kier molecular flexibility index (Phi) is 4.91. The predicted molar refractivity (Wildman–Crippen MR) is 81.4 cm³/mol. The molecule has 1 aromatic rings. The number of hydrogen-bond acceptors (Lipinski definition) is 3. The summed E-state index contributed by atoms with van der Waals surface area (Å²) in [6, 6.07) is 3.11. The van der Waals surface area contributed by atoms with Gasteiger partial charge >= 0.3 is 0 Å². The Balaban J connectivity index is 2.13. The van der Waals surface area contributed by atoms with Gasteiger partial charge in [0.15, 0.2) is 0 Å². The van der Waals surface area contributed by atoms with Crippen molar-refractivity contribution >= 4 is 34.8 Å². The third kappa shape index (κ3) is 3.26. The van der Waals surface area contributed by atoms with Gasteiger partial charge in [0.05, 0.1) is 22.3 Å². The van der Waals surface area contributed by atoms with E-state index in [0.29, 0.717) is 36.0 Å². The van der Waals surface area contributed by atoms with Crippen LogP contribution in [0.1, 0.15) is 16.8 Å². The first kappa shape index (κ1) is 15.2. The number of methoxy groups -OCH3 is 1. The lowest BCUT2D eigenvalue weighted by molar-refractivity contribution is 0.0765. The average molecular weight is 315 g/mol. The van der Waals surface area contributed by atoms with Crippen LogP contribution in [0.3, 0.4) is 0 Å². The molecule has 0 aliphatic carbocycles. The number of rotatable bonds is 3. The molecule has 1 aliphatic heterocycles. The third-order valence-electron chi connectivity index (χ3n) is 3.22. The van der Waals surface area contributed by atoms with E-state index in [0.717, 1.165) is 6.42 Å². The molecular formula is C14H16Cl2N2O2. The Bertz CT molecular complexity index is 535. The zero-order valence-electron chi connectivity index (χ0n) is 11.2. The van der Waals surface area contributed by atoms with Gasteiger partial charge < -0.3 is 15.4 Å². The average Bonchev–Trinajstić information content (AvgIpc) is 2.44. The van der Waals surface area contributed by atoms with Crippen molar-refractivity contribution in [2.75, 3.05) is 32.5 Å². The predicted octanol–water partition coefficient (Wildman–Crippen LogP) is 2.99. The molecule has 1 heterocycles. The van der Waals surface area contributed by atoms with E-state index in [1.165, 1.54) is 5.57 Å². The molecule has 1 aliphatic rings. The maximum Gasteiger partial charge on any atom is 0.254 e.